The van der Waals surface area contributed by atoms with Crippen molar-refractivity contribution in [2.45, 2.75) is 31.7 Å². The van der Waals surface area contributed by atoms with Gasteiger partial charge < -0.3 is 15.7 Å². The first-order valence-corrected chi connectivity index (χ1v) is 6.10. The number of nitrogens with two attached hydrogens (primary N) is 1. The minimum atomic E-state index is -4.41. The maximum absolute atomic E-state index is 12.9. The van der Waals surface area contributed by atoms with E-state index in [1.165, 1.54) is 6.07 Å². The third-order valence-electron chi connectivity index (χ3n) is 3.44. The molecular formula is C13H17F3N2O. The Hall–Kier alpha value is -1.27. The summed E-state index contributed by atoms with van der Waals surface area (Å²) in [5, 5.41) is 9.87. The molecule has 1 heterocycles. The SMILES string of the molecule is CC1(O)CCN(c2ccc(CN)c(C(F)(F)F)c2)C1. The Bertz CT molecular complexity index is 471. The maximum Gasteiger partial charge on any atom is 0.416 e. The molecule has 3 nitrogen and oxygen atoms in total. The molecule has 0 spiro atoms. The van der Waals surface area contributed by atoms with Crippen LogP contribution in [0.15, 0.2) is 18.2 Å². The molecule has 1 aliphatic heterocycles. The van der Waals surface area contributed by atoms with Gasteiger partial charge in [-0.25, -0.2) is 0 Å². The molecule has 2 rings (SSSR count). The summed E-state index contributed by atoms with van der Waals surface area (Å²) in [4.78, 5) is 1.76. The smallest absolute Gasteiger partial charge is 0.388 e. The predicted molar refractivity (Wildman–Crippen MR) is 66.8 cm³/mol. The molecule has 1 aromatic carbocycles. The van der Waals surface area contributed by atoms with Crippen LogP contribution >= 0.6 is 0 Å². The summed E-state index contributed by atoms with van der Waals surface area (Å²) in [6.45, 7) is 2.43. The van der Waals surface area contributed by atoms with Gasteiger partial charge in [-0.05, 0) is 31.0 Å². The second-order valence-electron chi connectivity index (χ2n) is 5.21. The van der Waals surface area contributed by atoms with Crippen molar-refractivity contribution >= 4 is 5.69 Å². The summed E-state index contributed by atoms with van der Waals surface area (Å²) in [6.07, 6.45) is -3.86. The molecule has 0 bridgehead atoms. The van der Waals surface area contributed by atoms with Gasteiger partial charge in [0.05, 0.1) is 11.2 Å². The van der Waals surface area contributed by atoms with Crippen molar-refractivity contribution in [2.24, 2.45) is 5.73 Å². The van der Waals surface area contributed by atoms with Gasteiger partial charge in [-0.15, -0.1) is 0 Å². The number of rotatable bonds is 2. The fraction of sp³-hybridized carbons (Fsp3) is 0.538. The molecule has 1 saturated heterocycles. The van der Waals surface area contributed by atoms with Gasteiger partial charge in [0, 0.05) is 25.3 Å². The van der Waals surface area contributed by atoms with E-state index in [-0.39, 0.29) is 12.1 Å². The molecule has 19 heavy (non-hydrogen) atoms. The number of hydrogen-bond acceptors (Lipinski definition) is 3. The summed E-state index contributed by atoms with van der Waals surface area (Å²) in [7, 11) is 0. The second kappa shape index (κ2) is 4.68. The number of halogens is 3. The Morgan fingerprint density at radius 3 is 2.58 bits per heavy atom. The van der Waals surface area contributed by atoms with Gasteiger partial charge in [0.1, 0.15) is 0 Å². The molecule has 1 aliphatic rings. The molecule has 1 aromatic rings. The zero-order valence-electron chi connectivity index (χ0n) is 10.7. The number of β-amino-alcohol motifs (C(OH)–C–C–N with tert-alkyl or cyclic N) is 1. The number of nitrogens with zero attached hydrogens (tertiary/aromatic N) is 1. The molecule has 0 amide bonds. The van der Waals surface area contributed by atoms with Crippen molar-refractivity contribution in [2.75, 3.05) is 18.0 Å². The van der Waals surface area contributed by atoms with Crippen LogP contribution in [0.25, 0.3) is 0 Å². The lowest BCUT2D eigenvalue weighted by atomic mass is 10.1. The summed E-state index contributed by atoms with van der Waals surface area (Å²) in [6, 6.07) is 4.15. The van der Waals surface area contributed by atoms with E-state index < -0.39 is 17.3 Å². The maximum atomic E-state index is 12.9. The van der Waals surface area contributed by atoms with Crippen LogP contribution in [0, 0.1) is 0 Å². The predicted octanol–water partition coefficient (Wildman–Crippen LogP) is 2.13. The van der Waals surface area contributed by atoms with Gasteiger partial charge in [-0.2, -0.15) is 13.2 Å². The summed E-state index contributed by atoms with van der Waals surface area (Å²) in [5.41, 5.74) is 4.36. The van der Waals surface area contributed by atoms with Gasteiger partial charge in [0.25, 0.3) is 0 Å². The van der Waals surface area contributed by atoms with Crippen molar-refractivity contribution in [3.8, 4) is 0 Å². The molecule has 1 unspecified atom stereocenters. The van der Waals surface area contributed by atoms with Gasteiger partial charge >= 0.3 is 6.18 Å². The third-order valence-corrected chi connectivity index (χ3v) is 3.44. The van der Waals surface area contributed by atoms with E-state index in [4.69, 9.17) is 5.73 Å². The zero-order valence-corrected chi connectivity index (χ0v) is 10.7. The topological polar surface area (TPSA) is 49.5 Å². The quantitative estimate of drug-likeness (QED) is 0.868. The fourth-order valence-corrected chi connectivity index (χ4v) is 2.37. The Kier molecular flexibility index (Phi) is 3.49. The summed E-state index contributed by atoms with van der Waals surface area (Å²) in [5.74, 6) is 0. The Morgan fingerprint density at radius 2 is 2.11 bits per heavy atom. The van der Waals surface area contributed by atoms with Crippen LogP contribution in [0.4, 0.5) is 18.9 Å². The van der Waals surface area contributed by atoms with Crippen LogP contribution < -0.4 is 10.6 Å². The molecule has 1 atom stereocenters. The Morgan fingerprint density at radius 1 is 1.42 bits per heavy atom. The van der Waals surface area contributed by atoms with Crippen LogP contribution in [-0.4, -0.2) is 23.8 Å². The molecule has 0 aliphatic carbocycles. The van der Waals surface area contributed by atoms with Gasteiger partial charge in [-0.3, -0.25) is 0 Å². The highest BCUT2D eigenvalue weighted by Gasteiger charge is 2.35. The first kappa shape index (κ1) is 14.1. The number of anilines is 1. The van der Waals surface area contributed by atoms with Crippen LogP contribution in [0.2, 0.25) is 0 Å². The van der Waals surface area contributed by atoms with Crippen molar-refractivity contribution in [1.82, 2.24) is 0 Å². The van der Waals surface area contributed by atoms with Crippen LogP contribution in [-0.2, 0) is 12.7 Å². The fourth-order valence-electron chi connectivity index (χ4n) is 2.37. The molecule has 106 valence electrons. The van der Waals surface area contributed by atoms with Crippen LogP contribution in [0.3, 0.4) is 0 Å². The first-order valence-electron chi connectivity index (χ1n) is 6.10. The number of hydrogen-bond donors (Lipinski definition) is 2. The number of benzene rings is 1. The van der Waals surface area contributed by atoms with Crippen molar-refractivity contribution < 1.29 is 18.3 Å². The van der Waals surface area contributed by atoms with E-state index in [1.807, 2.05) is 0 Å². The van der Waals surface area contributed by atoms with E-state index in [0.29, 0.717) is 25.2 Å². The molecule has 0 aromatic heterocycles. The van der Waals surface area contributed by atoms with E-state index >= 15 is 0 Å². The lowest BCUT2D eigenvalue weighted by Gasteiger charge is -2.22. The van der Waals surface area contributed by atoms with Crippen molar-refractivity contribution in [1.29, 1.82) is 0 Å². The molecule has 1 fully saturated rings. The normalized spacial score (nSPS) is 24.0. The molecular weight excluding hydrogens is 257 g/mol. The molecule has 6 heteroatoms. The lowest BCUT2D eigenvalue weighted by Crippen LogP contribution is -2.29. The van der Waals surface area contributed by atoms with E-state index in [9.17, 15) is 18.3 Å². The lowest BCUT2D eigenvalue weighted by molar-refractivity contribution is -0.138. The third kappa shape index (κ3) is 3.01. The monoisotopic (exact) mass is 274 g/mol. The molecule has 0 saturated carbocycles. The largest absolute Gasteiger partial charge is 0.416 e. The van der Waals surface area contributed by atoms with E-state index in [2.05, 4.69) is 0 Å². The molecule has 3 N–H and O–H groups in total. The highest BCUT2D eigenvalue weighted by atomic mass is 19.4. The minimum absolute atomic E-state index is 0.0854. The Balaban J connectivity index is 2.34. The summed E-state index contributed by atoms with van der Waals surface area (Å²) < 4.78 is 38.8. The molecule has 0 radical (unpaired) electrons. The van der Waals surface area contributed by atoms with Crippen molar-refractivity contribution in [3.05, 3.63) is 29.3 Å². The first-order chi connectivity index (χ1) is 8.73. The van der Waals surface area contributed by atoms with Crippen LogP contribution in [0.5, 0.6) is 0 Å². The highest BCUT2D eigenvalue weighted by molar-refractivity contribution is 5.53. The standard InChI is InChI=1S/C13H17F3N2O/c1-12(19)4-5-18(8-12)10-3-2-9(7-17)11(6-10)13(14,15)16/h2-3,6,19H,4-5,7-8,17H2,1H3. The van der Waals surface area contributed by atoms with Gasteiger partial charge in [0.15, 0.2) is 0 Å². The summed E-state index contributed by atoms with van der Waals surface area (Å²) >= 11 is 0. The van der Waals surface area contributed by atoms with Crippen LogP contribution in [0.1, 0.15) is 24.5 Å². The zero-order chi connectivity index (χ0) is 14.3. The van der Waals surface area contributed by atoms with E-state index in [1.54, 1.807) is 17.9 Å². The average molecular weight is 274 g/mol. The van der Waals surface area contributed by atoms with Crippen molar-refractivity contribution in [3.63, 3.8) is 0 Å². The van der Waals surface area contributed by atoms with E-state index in [0.717, 1.165) is 6.07 Å². The highest BCUT2D eigenvalue weighted by Crippen LogP contribution is 2.36. The Labute approximate surface area is 109 Å². The second-order valence-corrected chi connectivity index (χ2v) is 5.21. The number of alkyl halides is 3. The average Bonchev–Trinajstić information content (AvgIpc) is 2.68. The number of aliphatic hydroxyl groups is 1. The minimum Gasteiger partial charge on any atom is -0.388 e. The van der Waals surface area contributed by atoms with Gasteiger partial charge in [-0.1, -0.05) is 6.07 Å². The van der Waals surface area contributed by atoms with Gasteiger partial charge in [0.2, 0.25) is 0 Å².